The lowest BCUT2D eigenvalue weighted by Gasteiger charge is -2.30. The summed E-state index contributed by atoms with van der Waals surface area (Å²) >= 11 is 3.17. The third kappa shape index (κ3) is 3.97. The van der Waals surface area contributed by atoms with Gasteiger partial charge in [0.05, 0.1) is 36.0 Å². The molecule has 30 heavy (non-hydrogen) atoms. The second-order valence-corrected chi connectivity index (χ2v) is 9.08. The number of methoxy groups -OCH3 is 1. The first-order valence-corrected chi connectivity index (χ1v) is 10.3. The number of rotatable bonds is 4. The highest BCUT2D eigenvalue weighted by molar-refractivity contribution is 9.10. The van der Waals surface area contributed by atoms with Gasteiger partial charge in [0.1, 0.15) is 17.2 Å². The summed E-state index contributed by atoms with van der Waals surface area (Å²) in [5.41, 5.74) is -1.28. The minimum absolute atomic E-state index is 0.00757. The Hall–Kier alpha value is -2.36. The van der Waals surface area contributed by atoms with Gasteiger partial charge in [-0.05, 0) is 36.7 Å². The Morgan fingerprint density at radius 2 is 2.07 bits per heavy atom. The molecule has 0 spiro atoms. The van der Waals surface area contributed by atoms with Gasteiger partial charge in [-0.1, -0.05) is 0 Å². The number of aldehydes is 1. The standard InChI is InChI=1S/C20H24BrFN2O6/c1-19(2,3)30-18(27)23-20(17(26)28-4)6-7-24(10-20)15-12(9-25)13(21)14(22)11-5-8-29-16(11)15/h9H,5-8,10H2,1-4H3,(H,23,27)/t20-/m1/s1. The zero-order valence-electron chi connectivity index (χ0n) is 17.3. The number of carbonyl (C=O) groups excluding carboxylic acids is 3. The second-order valence-electron chi connectivity index (χ2n) is 8.29. The van der Waals surface area contributed by atoms with Gasteiger partial charge in [-0.3, -0.25) is 4.79 Å². The van der Waals surface area contributed by atoms with Crippen molar-refractivity contribution in [3.8, 4) is 5.75 Å². The predicted octanol–water partition coefficient (Wildman–Crippen LogP) is 2.98. The van der Waals surface area contributed by atoms with E-state index >= 15 is 0 Å². The molecule has 164 valence electrons. The van der Waals surface area contributed by atoms with Crippen LogP contribution in [0.5, 0.6) is 5.75 Å². The summed E-state index contributed by atoms with van der Waals surface area (Å²) in [6, 6.07) is 0. The minimum Gasteiger partial charge on any atom is -0.491 e. The fraction of sp³-hybridized carbons (Fsp3) is 0.550. The largest absolute Gasteiger partial charge is 0.491 e. The lowest BCUT2D eigenvalue weighted by Crippen LogP contribution is -2.57. The molecule has 0 aliphatic carbocycles. The van der Waals surface area contributed by atoms with Gasteiger partial charge in [0, 0.05) is 24.9 Å². The van der Waals surface area contributed by atoms with Crippen LogP contribution >= 0.6 is 15.9 Å². The van der Waals surface area contributed by atoms with E-state index in [-0.39, 0.29) is 28.8 Å². The van der Waals surface area contributed by atoms with E-state index in [1.807, 2.05) is 0 Å². The van der Waals surface area contributed by atoms with E-state index in [2.05, 4.69) is 21.2 Å². The van der Waals surface area contributed by atoms with Crippen LogP contribution in [0.4, 0.5) is 14.9 Å². The van der Waals surface area contributed by atoms with Crippen LogP contribution in [0.1, 0.15) is 43.1 Å². The fourth-order valence-corrected chi connectivity index (χ4v) is 4.31. The third-order valence-electron chi connectivity index (χ3n) is 5.06. The van der Waals surface area contributed by atoms with Crippen LogP contribution in [-0.4, -0.2) is 56.3 Å². The summed E-state index contributed by atoms with van der Waals surface area (Å²) in [6.07, 6.45) is 0.371. The molecule has 0 aromatic heterocycles. The van der Waals surface area contributed by atoms with E-state index in [4.69, 9.17) is 14.2 Å². The maximum absolute atomic E-state index is 14.6. The lowest BCUT2D eigenvalue weighted by molar-refractivity contribution is -0.147. The number of carbonyl (C=O) groups is 3. The highest BCUT2D eigenvalue weighted by Crippen LogP contribution is 2.46. The van der Waals surface area contributed by atoms with E-state index < -0.39 is 29.0 Å². The Balaban J connectivity index is 1.98. The van der Waals surface area contributed by atoms with E-state index in [1.54, 1.807) is 25.7 Å². The first kappa shape index (κ1) is 22.3. The smallest absolute Gasteiger partial charge is 0.408 e. The quantitative estimate of drug-likeness (QED) is 0.516. The summed E-state index contributed by atoms with van der Waals surface area (Å²) in [7, 11) is 1.23. The van der Waals surface area contributed by atoms with Crippen LogP contribution in [0, 0.1) is 5.82 Å². The van der Waals surface area contributed by atoms with Gasteiger partial charge in [0.25, 0.3) is 0 Å². The van der Waals surface area contributed by atoms with Crippen molar-refractivity contribution in [1.29, 1.82) is 0 Å². The molecule has 1 aromatic rings. The topological polar surface area (TPSA) is 94.2 Å². The molecule has 0 radical (unpaired) electrons. The van der Waals surface area contributed by atoms with Gasteiger partial charge >= 0.3 is 12.1 Å². The number of nitrogens with zero attached hydrogens (tertiary/aromatic N) is 1. The third-order valence-corrected chi connectivity index (χ3v) is 5.83. The van der Waals surface area contributed by atoms with Crippen molar-refractivity contribution < 1.29 is 33.0 Å². The summed E-state index contributed by atoms with van der Waals surface area (Å²) in [5.74, 6) is -0.878. The molecule has 2 aliphatic rings. The molecule has 1 aromatic carbocycles. The molecule has 1 amide bonds. The number of hydrogen-bond acceptors (Lipinski definition) is 7. The van der Waals surface area contributed by atoms with Gasteiger partial charge in [-0.25, -0.2) is 14.0 Å². The molecule has 1 atom stereocenters. The minimum atomic E-state index is -1.39. The number of hydrogen-bond donors (Lipinski definition) is 1. The zero-order valence-corrected chi connectivity index (χ0v) is 18.9. The van der Waals surface area contributed by atoms with Crippen molar-refractivity contribution in [2.45, 2.75) is 44.8 Å². The number of amides is 1. The van der Waals surface area contributed by atoms with Gasteiger partial charge in [0.15, 0.2) is 11.8 Å². The maximum atomic E-state index is 14.6. The summed E-state index contributed by atoms with van der Waals surface area (Å²) in [4.78, 5) is 38.5. The summed E-state index contributed by atoms with van der Waals surface area (Å²) in [6.45, 7) is 5.75. The average molecular weight is 487 g/mol. The maximum Gasteiger partial charge on any atom is 0.408 e. The lowest BCUT2D eigenvalue weighted by atomic mass is 9.99. The molecule has 2 aliphatic heterocycles. The van der Waals surface area contributed by atoms with Crippen molar-refractivity contribution in [1.82, 2.24) is 5.32 Å². The SMILES string of the molecule is COC(=O)[C@@]1(NC(=O)OC(C)(C)C)CCN(c2c(C=O)c(Br)c(F)c3c2OCC3)C1. The van der Waals surface area contributed by atoms with Crippen molar-refractivity contribution in [3.63, 3.8) is 0 Å². The van der Waals surface area contributed by atoms with Gasteiger partial charge in [-0.2, -0.15) is 0 Å². The molecule has 0 bridgehead atoms. The predicted molar refractivity (Wildman–Crippen MR) is 110 cm³/mol. The number of benzene rings is 1. The van der Waals surface area contributed by atoms with Crippen molar-refractivity contribution >= 4 is 40.0 Å². The van der Waals surface area contributed by atoms with E-state index in [0.717, 1.165) is 0 Å². The normalized spacial score (nSPS) is 20.4. The van der Waals surface area contributed by atoms with Crippen LogP contribution in [-0.2, 0) is 20.7 Å². The molecule has 0 saturated carbocycles. The van der Waals surface area contributed by atoms with Crippen LogP contribution in [0.25, 0.3) is 0 Å². The molecular formula is C20H24BrFN2O6. The first-order valence-electron chi connectivity index (χ1n) is 9.49. The van der Waals surface area contributed by atoms with Gasteiger partial charge in [-0.15, -0.1) is 0 Å². The Morgan fingerprint density at radius 3 is 2.67 bits per heavy atom. The van der Waals surface area contributed by atoms with E-state index in [1.165, 1.54) is 7.11 Å². The number of nitrogens with one attached hydrogen (secondary N) is 1. The highest BCUT2D eigenvalue weighted by Gasteiger charge is 2.49. The molecule has 8 nitrogen and oxygen atoms in total. The number of esters is 1. The number of anilines is 1. The monoisotopic (exact) mass is 486 g/mol. The summed E-state index contributed by atoms with van der Waals surface area (Å²) < 4.78 is 30.5. The Bertz CT molecular complexity index is 901. The van der Waals surface area contributed by atoms with E-state index in [9.17, 15) is 18.8 Å². The molecule has 1 saturated heterocycles. The Kier molecular flexibility index (Phi) is 5.99. The van der Waals surface area contributed by atoms with Crippen molar-refractivity contribution in [2.75, 3.05) is 31.7 Å². The van der Waals surface area contributed by atoms with Crippen molar-refractivity contribution in [3.05, 3.63) is 21.4 Å². The van der Waals surface area contributed by atoms with Crippen LogP contribution in [0.15, 0.2) is 4.47 Å². The molecular weight excluding hydrogens is 463 g/mol. The summed E-state index contributed by atoms with van der Waals surface area (Å²) in [5, 5.41) is 2.64. The zero-order chi connectivity index (χ0) is 22.3. The highest BCUT2D eigenvalue weighted by atomic mass is 79.9. The average Bonchev–Trinajstić information content (AvgIpc) is 3.30. The van der Waals surface area contributed by atoms with Crippen LogP contribution in [0.2, 0.25) is 0 Å². The Morgan fingerprint density at radius 1 is 1.37 bits per heavy atom. The van der Waals surface area contributed by atoms with E-state index in [0.29, 0.717) is 37.1 Å². The van der Waals surface area contributed by atoms with Crippen molar-refractivity contribution in [2.24, 2.45) is 0 Å². The van der Waals surface area contributed by atoms with Crippen LogP contribution in [0.3, 0.4) is 0 Å². The van der Waals surface area contributed by atoms with Gasteiger partial charge in [0.2, 0.25) is 0 Å². The fourth-order valence-electron chi connectivity index (χ4n) is 3.79. The molecule has 1 fully saturated rings. The molecule has 2 heterocycles. The number of alkyl carbamates (subject to hydrolysis) is 1. The number of fused-ring (bicyclic) bond motifs is 1. The van der Waals surface area contributed by atoms with Crippen LogP contribution < -0.4 is 15.0 Å². The Labute approximate surface area is 182 Å². The molecule has 3 rings (SSSR count). The number of halogens is 2. The first-order chi connectivity index (χ1) is 14.0. The molecule has 10 heteroatoms. The van der Waals surface area contributed by atoms with Gasteiger partial charge < -0.3 is 24.4 Å². The molecule has 1 N–H and O–H groups in total. The molecule has 0 unspecified atom stereocenters. The second kappa shape index (κ2) is 8.05. The number of ether oxygens (including phenoxy) is 3.